The van der Waals surface area contributed by atoms with Gasteiger partial charge in [0.1, 0.15) is 17.6 Å². The Bertz CT molecular complexity index is 1280. The van der Waals surface area contributed by atoms with E-state index in [0.717, 1.165) is 48.1 Å². The molecule has 180 valence electrons. The van der Waals surface area contributed by atoms with E-state index in [0.29, 0.717) is 17.4 Å². The van der Waals surface area contributed by atoms with Crippen molar-refractivity contribution in [2.45, 2.75) is 31.4 Å². The fourth-order valence-electron chi connectivity index (χ4n) is 3.56. The van der Waals surface area contributed by atoms with Gasteiger partial charge in [0, 0.05) is 30.1 Å². The van der Waals surface area contributed by atoms with Crippen molar-refractivity contribution in [3.8, 4) is 28.6 Å². The molecule has 3 N–H and O–H groups in total. The van der Waals surface area contributed by atoms with E-state index in [9.17, 15) is 13.5 Å². The molecule has 0 aliphatic carbocycles. The second-order valence-corrected chi connectivity index (χ2v) is 10.2. The molecule has 0 unspecified atom stereocenters. The summed E-state index contributed by atoms with van der Waals surface area (Å²) in [4.78, 5) is 11.4. The number of sulfone groups is 1. The Morgan fingerprint density at radius 3 is 2.56 bits per heavy atom. The highest BCUT2D eigenvalue weighted by Crippen LogP contribution is 2.33. The number of aliphatic hydroxyl groups is 1. The normalized spacial score (nSPS) is 16.6. The molecule has 0 radical (unpaired) electrons. The SMILES string of the molecule is CC[C@@H]1C=C(c2ccc(-c3cc(Oc4cnc(S(C)(=O)=O)cn4)cc(O[C@@H](C)CO)c3)[nH]2)NC1. The van der Waals surface area contributed by atoms with Crippen molar-refractivity contribution in [3.05, 3.63) is 54.5 Å². The highest BCUT2D eigenvalue weighted by Gasteiger charge is 2.17. The van der Waals surface area contributed by atoms with Crippen LogP contribution in [0.15, 0.2) is 53.8 Å². The number of H-pyrrole nitrogens is 1. The fraction of sp³-hybridized carbons (Fsp3) is 0.333. The van der Waals surface area contributed by atoms with Crippen molar-refractivity contribution < 1.29 is 23.0 Å². The molecular formula is C24H28N4O5S. The smallest absolute Gasteiger partial charge is 0.237 e. The van der Waals surface area contributed by atoms with Crippen LogP contribution in [-0.4, -0.2) is 54.0 Å². The molecule has 0 amide bonds. The lowest BCUT2D eigenvalue weighted by Gasteiger charge is -2.15. The third-order valence-electron chi connectivity index (χ3n) is 5.45. The average Bonchev–Trinajstić information content (AvgIpc) is 3.48. The first-order chi connectivity index (χ1) is 16.2. The van der Waals surface area contributed by atoms with Crippen LogP contribution in [0.2, 0.25) is 0 Å². The molecule has 4 rings (SSSR count). The van der Waals surface area contributed by atoms with Crippen molar-refractivity contribution in [3.63, 3.8) is 0 Å². The number of aromatic nitrogens is 3. The van der Waals surface area contributed by atoms with Crippen LogP contribution in [-0.2, 0) is 9.84 Å². The number of nitrogens with one attached hydrogen (secondary N) is 2. The molecule has 3 aromatic rings. The minimum atomic E-state index is -3.46. The van der Waals surface area contributed by atoms with Crippen LogP contribution in [0.4, 0.5) is 0 Å². The molecule has 3 heterocycles. The summed E-state index contributed by atoms with van der Waals surface area (Å²) in [5, 5.41) is 12.7. The molecule has 0 saturated heterocycles. The molecule has 1 aliphatic rings. The molecule has 9 nitrogen and oxygen atoms in total. The molecule has 1 aliphatic heterocycles. The standard InChI is InChI=1S/C24H28N4O5S/c1-4-16-7-22(25-11-16)21-6-5-20(28-21)17-8-18(32-15(2)14-29)10-19(9-17)33-23-12-27-24(13-26-23)34(3,30)31/h5-10,12-13,15-16,25,28-29H,4,11,14H2,1-3H3/t15-,16+/m0/s1. The molecule has 0 bridgehead atoms. The monoisotopic (exact) mass is 484 g/mol. The molecule has 10 heteroatoms. The van der Waals surface area contributed by atoms with E-state index in [-0.39, 0.29) is 17.5 Å². The summed E-state index contributed by atoms with van der Waals surface area (Å²) < 4.78 is 34.9. The zero-order valence-corrected chi connectivity index (χ0v) is 20.1. The third-order valence-corrected chi connectivity index (χ3v) is 6.42. The van der Waals surface area contributed by atoms with Gasteiger partial charge in [0.2, 0.25) is 5.88 Å². The van der Waals surface area contributed by atoms with Crippen molar-refractivity contribution in [1.29, 1.82) is 0 Å². The molecular weight excluding hydrogens is 456 g/mol. The Morgan fingerprint density at radius 2 is 1.91 bits per heavy atom. The fourth-order valence-corrected chi connectivity index (χ4v) is 4.04. The van der Waals surface area contributed by atoms with Crippen molar-refractivity contribution in [1.82, 2.24) is 20.3 Å². The van der Waals surface area contributed by atoms with Gasteiger partial charge in [0.15, 0.2) is 14.9 Å². The third kappa shape index (κ3) is 5.57. The highest BCUT2D eigenvalue weighted by molar-refractivity contribution is 7.90. The minimum Gasteiger partial charge on any atom is -0.488 e. The Labute approximate surface area is 198 Å². The zero-order valence-electron chi connectivity index (χ0n) is 19.3. The van der Waals surface area contributed by atoms with E-state index >= 15 is 0 Å². The Morgan fingerprint density at radius 1 is 1.15 bits per heavy atom. The quantitative estimate of drug-likeness (QED) is 0.422. The van der Waals surface area contributed by atoms with E-state index in [2.05, 4.69) is 33.3 Å². The van der Waals surface area contributed by atoms with Crippen molar-refractivity contribution >= 4 is 15.5 Å². The number of nitrogens with zero attached hydrogens (tertiary/aromatic N) is 2. The summed E-state index contributed by atoms with van der Waals surface area (Å²) in [6.45, 7) is 4.73. The number of aromatic amines is 1. The van der Waals surface area contributed by atoms with E-state index in [4.69, 9.17) is 9.47 Å². The summed E-state index contributed by atoms with van der Waals surface area (Å²) in [6, 6.07) is 9.36. The Balaban J connectivity index is 1.64. The molecule has 2 atom stereocenters. The topological polar surface area (TPSA) is 126 Å². The van der Waals surface area contributed by atoms with Crippen LogP contribution in [0, 0.1) is 5.92 Å². The molecule has 2 aromatic heterocycles. The van der Waals surface area contributed by atoms with E-state index in [1.807, 2.05) is 24.3 Å². The lowest BCUT2D eigenvalue weighted by molar-refractivity contribution is 0.129. The summed E-state index contributed by atoms with van der Waals surface area (Å²) in [7, 11) is -3.46. The van der Waals surface area contributed by atoms with Gasteiger partial charge in [-0.1, -0.05) is 13.0 Å². The van der Waals surface area contributed by atoms with Gasteiger partial charge >= 0.3 is 0 Å². The molecule has 0 fully saturated rings. The van der Waals surface area contributed by atoms with Gasteiger partial charge in [-0.3, -0.25) is 0 Å². The molecule has 0 saturated carbocycles. The van der Waals surface area contributed by atoms with E-state index < -0.39 is 15.9 Å². The van der Waals surface area contributed by atoms with Gasteiger partial charge in [0.25, 0.3) is 0 Å². The van der Waals surface area contributed by atoms with E-state index in [1.54, 1.807) is 13.0 Å². The van der Waals surface area contributed by atoms with Crippen LogP contribution in [0.3, 0.4) is 0 Å². The number of rotatable bonds is 9. The molecule has 0 spiro atoms. The Kier molecular flexibility index (Phi) is 6.90. The van der Waals surface area contributed by atoms with Crippen LogP contribution in [0.1, 0.15) is 26.0 Å². The molecule has 1 aromatic carbocycles. The number of aliphatic hydroxyl groups excluding tert-OH is 1. The first-order valence-electron chi connectivity index (χ1n) is 11.0. The summed E-state index contributed by atoms with van der Waals surface area (Å²) >= 11 is 0. The average molecular weight is 485 g/mol. The predicted molar refractivity (Wildman–Crippen MR) is 128 cm³/mol. The molecule has 34 heavy (non-hydrogen) atoms. The van der Waals surface area contributed by atoms with E-state index in [1.165, 1.54) is 6.20 Å². The zero-order chi connectivity index (χ0) is 24.3. The Hall–Kier alpha value is -3.37. The lowest BCUT2D eigenvalue weighted by atomic mass is 10.1. The van der Waals surface area contributed by atoms with Crippen LogP contribution in [0.25, 0.3) is 17.0 Å². The van der Waals surface area contributed by atoms with Crippen LogP contribution >= 0.6 is 0 Å². The second kappa shape index (κ2) is 9.86. The van der Waals surface area contributed by atoms with Crippen LogP contribution < -0.4 is 14.8 Å². The van der Waals surface area contributed by atoms with Crippen molar-refractivity contribution in [2.24, 2.45) is 5.92 Å². The first-order valence-corrected chi connectivity index (χ1v) is 12.9. The lowest BCUT2D eigenvalue weighted by Crippen LogP contribution is -2.16. The van der Waals surface area contributed by atoms with Gasteiger partial charge in [-0.25, -0.2) is 18.4 Å². The minimum absolute atomic E-state index is 0.131. The van der Waals surface area contributed by atoms with Gasteiger partial charge in [-0.05, 0) is 43.5 Å². The summed E-state index contributed by atoms with van der Waals surface area (Å²) in [5.41, 5.74) is 3.75. The van der Waals surface area contributed by atoms with Gasteiger partial charge < -0.3 is 24.9 Å². The summed E-state index contributed by atoms with van der Waals surface area (Å²) in [6.07, 6.45) is 6.40. The second-order valence-electron chi connectivity index (χ2n) is 8.29. The number of ether oxygens (including phenoxy) is 2. The van der Waals surface area contributed by atoms with Gasteiger partial charge in [-0.2, -0.15) is 0 Å². The van der Waals surface area contributed by atoms with Gasteiger partial charge in [0.05, 0.1) is 30.4 Å². The van der Waals surface area contributed by atoms with Crippen LogP contribution in [0.5, 0.6) is 17.4 Å². The largest absolute Gasteiger partial charge is 0.488 e. The van der Waals surface area contributed by atoms with Gasteiger partial charge in [-0.15, -0.1) is 0 Å². The number of hydrogen-bond donors (Lipinski definition) is 3. The number of benzene rings is 1. The predicted octanol–water partition coefficient (Wildman–Crippen LogP) is 3.40. The maximum Gasteiger partial charge on any atom is 0.237 e. The maximum atomic E-state index is 11.6. The van der Waals surface area contributed by atoms with Crippen molar-refractivity contribution in [2.75, 3.05) is 19.4 Å². The summed E-state index contributed by atoms with van der Waals surface area (Å²) in [5.74, 6) is 1.60. The first kappa shape index (κ1) is 23.8. The highest BCUT2D eigenvalue weighted by atomic mass is 32.2. The number of hydrogen-bond acceptors (Lipinski definition) is 8. The maximum absolute atomic E-state index is 11.6.